The third-order valence-corrected chi connectivity index (χ3v) is 6.76. The number of H-pyrrole nitrogens is 1. The van der Waals surface area contributed by atoms with Crippen molar-refractivity contribution in [2.75, 3.05) is 0 Å². The Kier molecular flexibility index (Phi) is 7.00. The molecule has 184 valence electrons. The fourth-order valence-corrected chi connectivity index (χ4v) is 4.43. The van der Waals surface area contributed by atoms with Crippen molar-refractivity contribution in [3.63, 3.8) is 0 Å². The Morgan fingerprint density at radius 1 is 1.05 bits per heavy atom. The molecule has 1 unspecified atom stereocenters. The van der Waals surface area contributed by atoms with Gasteiger partial charge in [-0.3, -0.25) is 0 Å². The molecule has 1 aromatic heterocycles. The Labute approximate surface area is 223 Å². The lowest BCUT2D eigenvalue weighted by Gasteiger charge is -2.13. The number of hydrogen-bond acceptors (Lipinski definition) is 4. The molecule has 0 aliphatic carbocycles. The smallest absolute Gasteiger partial charge is 0.127 e. The summed E-state index contributed by atoms with van der Waals surface area (Å²) in [5, 5.41) is 19.5. The zero-order chi connectivity index (χ0) is 26.8. The highest BCUT2D eigenvalue weighted by Gasteiger charge is 2.12. The van der Waals surface area contributed by atoms with Gasteiger partial charge in [0.25, 0.3) is 0 Å². The molecule has 2 N–H and O–H groups in total. The van der Waals surface area contributed by atoms with Gasteiger partial charge >= 0.3 is 0 Å². The van der Waals surface area contributed by atoms with E-state index in [2.05, 4.69) is 31.9 Å². The summed E-state index contributed by atoms with van der Waals surface area (Å²) in [6.07, 6.45) is 0.293. The molecule has 1 heterocycles. The van der Waals surface area contributed by atoms with Gasteiger partial charge in [-0.15, -0.1) is 9.24 Å². The molecule has 4 aromatic carbocycles. The number of benzene rings is 4. The maximum Gasteiger partial charge on any atom is 0.127 e. The molecule has 0 saturated carbocycles. The summed E-state index contributed by atoms with van der Waals surface area (Å²) in [5.41, 5.74) is 5.88. The molecule has 1 atom stereocenters. The minimum absolute atomic E-state index is 0.0219. The van der Waals surface area contributed by atoms with Gasteiger partial charge in [0.05, 0.1) is 22.7 Å². The summed E-state index contributed by atoms with van der Waals surface area (Å²) in [4.78, 5) is 7.73. The fourth-order valence-electron chi connectivity index (χ4n) is 4.17. The molecule has 8 heteroatoms. The van der Waals surface area contributed by atoms with Crippen molar-refractivity contribution >= 4 is 44.6 Å². The van der Waals surface area contributed by atoms with Crippen LogP contribution in [0.3, 0.4) is 0 Å². The van der Waals surface area contributed by atoms with Gasteiger partial charge < -0.3 is 14.8 Å². The zero-order valence-electron chi connectivity index (χ0n) is 20.3. The van der Waals surface area contributed by atoms with Crippen LogP contribution in [-0.4, -0.2) is 22.9 Å². The first-order valence-electron chi connectivity index (χ1n) is 11.8. The van der Waals surface area contributed by atoms with Crippen LogP contribution in [0.1, 0.15) is 28.1 Å². The predicted molar refractivity (Wildman–Crippen MR) is 153 cm³/mol. The number of nitriles is 1. The first kappa shape index (κ1) is 25.3. The maximum atomic E-state index is 15.1. The molecule has 38 heavy (non-hydrogen) atoms. The highest BCUT2D eigenvalue weighted by atomic mass is 31.0. The summed E-state index contributed by atoms with van der Waals surface area (Å²) in [5.74, 6) is 0.895. The molecule has 5 rings (SSSR count). The van der Waals surface area contributed by atoms with E-state index in [1.165, 1.54) is 6.07 Å². The third kappa shape index (κ3) is 5.32. The molecule has 0 fully saturated rings. The number of aromatic amines is 1. The van der Waals surface area contributed by atoms with E-state index in [0.717, 1.165) is 33.0 Å². The minimum Gasteiger partial charge on any atom is -0.508 e. The second-order valence-electron chi connectivity index (χ2n) is 8.91. The Morgan fingerprint density at radius 2 is 1.82 bits per heavy atom. The maximum absolute atomic E-state index is 15.1. The third-order valence-electron chi connectivity index (χ3n) is 6.28. The van der Waals surface area contributed by atoms with Crippen LogP contribution < -0.4 is 15.5 Å². The molecule has 2 radical (unpaired) electrons. The van der Waals surface area contributed by atoms with Crippen LogP contribution in [0, 0.1) is 17.1 Å². The van der Waals surface area contributed by atoms with Crippen molar-refractivity contribution in [2.45, 2.75) is 13.0 Å². The SMILES string of the molecule is [B]c1cc(C#N)ccc1COc1cc(-c2ccc(Cc3nc4ccc(C(=C)O)cc4[nH]3)c(F)c2)ccc1P. The Hall–Kier alpha value is -4.40. The van der Waals surface area contributed by atoms with Crippen LogP contribution in [0.2, 0.25) is 0 Å². The van der Waals surface area contributed by atoms with Gasteiger partial charge in [-0.05, 0) is 58.7 Å². The van der Waals surface area contributed by atoms with E-state index in [9.17, 15) is 5.11 Å². The molecule has 0 aliphatic heterocycles. The van der Waals surface area contributed by atoms with Crippen LogP contribution in [-0.2, 0) is 13.0 Å². The highest BCUT2D eigenvalue weighted by molar-refractivity contribution is 7.27. The monoisotopic (exact) mass is 517 g/mol. The summed E-state index contributed by atoms with van der Waals surface area (Å²) in [6.45, 7) is 3.78. The van der Waals surface area contributed by atoms with E-state index in [0.29, 0.717) is 40.1 Å². The summed E-state index contributed by atoms with van der Waals surface area (Å²) < 4.78 is 21.2. The topological polar surface area (TPSA) is 81.9 Å². The van der Waals surface area contributed by atoms with E-state index in [1.807, 2.05) is 24.3 Å². The first-order chi connectivity index (χ1) is 18.3. The van der Waals surface area contributed by atoms with Crippen molar-refractivity contribution in [1.82, 2.24) is 9.97 Å². The van der Waals surface area contributed by atoms with Gasteiger partial charge in [0.2, 0.25) is 0 Å². The average molecular weight is 517 g/mol. The van der Waals surface area contributed by atoms with E-state index >= 15 is 4.39 Å². The molecule has 0 amide bonds. The van der Waals surface area contributed by atoms with Crippen LogP contribution in [0.5, 0.6) is 5.75 Å². The molecule has 0 aliphatic rings. The zero-order valence-corrected chi connectivity index (χ0v) is 21.5. The Morgan fingerprint density at radius 3 is 2.55 bits per heavy atom. The van der Waals surface area contributed by atoms with Crippen molar-refractivity contribution in [3.8, 4) is 22.9 Å². The van der Waals surface area contributed by atoms with Crippen molar-refractivity contribution in [1.29, 1.82) is 5.26 Å². The minimum atomic E-state index is -0.338. The standard InChI is InChI=1S/C30H22BFN3O2P/c1-17(36)19-6-8-26-27(12-19)35-30(34-26)14-22-5-4-20(11-25(22)32)21-7-9-29(38)28(13-21)37-16-23-3-2-18(15-33)10-24(23)31/h2-13,36H,1,14,16,38H2,(H,34,35). The molecular weight excluding hydrogens is 495 g/mol. The summed E-state index contributed by atoms with van der Waals surface area (Å²) in [7, 11) is 8.69. The number of rotatable bonds is 7. The van der Waals surface area contributed by atoms with Crippen LogP contribution in [0.25, 0.3) is 27.9 Å². The normalized spacial score (nSPS) is 10.9. The average Bonchev–Trinajstić information content (AvgIpc) is 3.31. The number of ether oxygens (including phenoxy) is 1. The first-order valence-corrected chi connectivity index (χ1v) is 12.3. The number of aliphatic hydroxyl groups excluding tert-OH is 1. The number of aliphatic hydroxyl groups is 1. The van der Waals surface area contributed by atoms with Gasteiger partial charge in [0, 0.05) is 17.3 Å². The van der Waals surface area contributed by atoms with E-state index in [4.69, 9.17) is 17.8 Å². The van der Waals surface area contributed by atoms with Gasteiger partial charge in [-0.25, -0.2) is 9.37 Å². The van der Waals surface area contributed by atoms with Crippen LogP contribution in [0.4, 0.5) is 4.39 Å². The van der Waals surface area contributed by atoms with Gasteiger partial charge in [0.1, 0.15) is 37.6 Å². The van der Waals surface area contributed by atoms with Gasteiger partial charge in [-0.2, -0.15) is 5.26 Å². The van der Waals surface area contributed by atoms with Crippen molar-refractivity contribution in [2.24, 2.45) is 0 Å². The van der Waals surface area contributed by atoms with E-state index in [1.54, 1.807) is 42.5 Å². The second-order valence-corrected chi connectivity index (χ2v) is 9.53. The molecule has 0 saturated heterocycles. The lowest BCUT2D eigenvalue weighted by molar-refractivity contribution is 0.310. The molecule has 5 aromatic rings. The predicted octanol–water partition coefficient (Wildman–Crippen LogP) is 5.23. The highest BCUT2D eigenvalue weighted by Crippen LogP contribution is 2.27. The van der Waals surface area contributed by atoms with Crippen LogP contribution in [0.15, 0.2) is 79.4 Å². The summed E-state index contributed by atoms with van der Waals surface area (Å²) >= 11 is 0. The second kappa shape index (κ2) is 10.5. The van der Waals surface area contributed by atoms with Crippen LogP contribution >= 0.6 is 9.24 Å². The lowest BCUT2D eigenvalue weighted by atomic mass is 9.89. The molecule has 0 spiro atoms. The molecule has 5 nitrogen and oxygen atoms in total. The quantitative estimate of drug-likeness (QED) is 0.176. The molecule has 0 bridgehead atoms. The van der Waals surface area contributed by atoms with E-state index < -0.39 is 0 Å². The fraction of sp³-hybridized carbons (Fsp3) is 0.0667. The van der Waals surface area contributed by atoms with Gasteiger partial charge in [-0.1, -0.05) is 48.4 Å². The molecular formula is C30H22BFN3O2P. The Balaban J connectivity index is 1.34. The number of aromatic nitrogens is 2. The number of fused-ring (bicyclic) bond motifs is 1. The Bertz CT molecular complexity index is 1740. The summed E-state index contributed by atoms with van der Waals surface area (Å²) in [6, 6.07) is 23.3. The van der Waals surface area contributed by atoms with E-state index in [-0.39, 0.29) is 18.2 Å². The lowest BCUT2D eigenvalue weighted by Crippen LogP contribution is -2.14. The van der Waals surface area contributed by atoms with Crippen molar-refractivity contribution < 1.29 is 14.2 Å². The largest absolute Gasteiger partial charge is 0.508 e. The number of hydrogen-bond donors (Lipinski definition) is 2. The van der Waals surface area contributed by atoms with Gasteiger partial charge in [0.15, 0.2) is 0 Å². The number of imidazole rings is 1. The number of nitrogens with one attached hydrogen (secondary N) is 1. The number of halogens is 1. The van der Waals surface area contributed by atoms with Crippen molar-refractivity contribution in [3.05, 3.63) is 113 Å². The number of nitrogens with zero attached hydrogens (tertiary/aromatic N) is 2.